The average molecular weight is 473 g/mol. The molecule has 1 aromatic heterocycles. The molecule has 1 N–H and O–H groups in total. The highest BCUT2D eigenvalue weighted by Crippen LogP contribution is 2.26. The molecule has 180 valence electrons. The SMILES string of the molecule is CCC(c1nc2ccccc2c(=O)n1-c1ccc(F)cc1)N(C)C(=O)Nc1ccc(C(C)C)cc1. The Morgan fingerprint density at radius 2 is 1.69 bits per heavy atom. The van der Waals surface area contributed by atoms with Gasteiger partial charge in [0.15, 0.2) is 0 Å². The zero-order valence-corrected chi connectivity index (χ0v) is 20.3. The highest BCUT2D eigenvalue weighted by atomic mass is 19.1. The van der Waals surface area contributed by atoms with Crippen molar-refractivity contribution in [2.24, 2.45) is 0 Å². The third-order valence-electron chi connectivity index (χ3n) is 6.19. The summed E-state index contributed by atoms with van der Waals surface area (Å²) in [4.78, 5) is 33.1. The standard InChI is InChI=1S/C28H29FN4O2/c1-5-25(32(4)28(35)30-21-14-10-19(11-15-21)18(2)3)26-31-24-9-7-6-8-23(24)27(34)33(26)22-16-12-20(29)13-17-22/h6-18,25H,5H2,1-4H3,(H,30,35). The number of aromatic nitrogens is 2. The number of fused-ring (bicyclic) bond motifs is 1. The number of urea groups is 1. The van der Waals surface area contributed by atoms with Gasteiger partial charge < -0.3 is 10.2 Å². The van der Waals surface area contributed by atoms with Gasteiger partial charge in [-0.25, -0.2) is 14.2 Å². The molecule has 7 heteroatoms. The number of carbonyl (C=O) groups excluding carboxylic acids is 1. The Kier molecular flexibility index (Phi) is 6.96. The van der Waals surface area contributed by atoms with Crippen molar-refractivity contribution in [2.75, 3.05) is 12.4 Å². The summed E-state index contributed by atoms with van der Waals surface area (Å²) in [5.74, 6) is 0.411. The van der Waals surface area contributed by atoms with Gasteiger partial charge in [0.1, 0.15) is 11.6 Å². The van der Waals surface area contributed by atoms with E-state index in [9.17, 15) is 14.0 Å². The molecule has 35 heavy (non-hydrogen) atoms. The maximum Gasteiger partial charge on any atom is 0.322 e. The quantitative estimate of drug-likeness (QED) is 0.360. The Balaban J connectivity index is 1.75. The van der Waals surface area contributed by atoms with Crippen molar-refractivity contribution in [1.82, 2.24) is 14.5 Å². The predicted octanol–water partition coefficient (Wildman–Crippen LogP) is 6.26. The number of amides is 2. The molecule has 2 amide bonds. The van der Waals surface area contributed by atoms with Gasteiger partial charge in [0.2, 0.25) is 0 Å². The van der Waals surface area contributed by atoms with E-state index < -0.39 is 11.9 Å². The molecule has 1 atom stereocenters. The van der Waals surface area contributed by atoms with E-state index in [-0.39, 0.29) is 11.6 Å². The van der Waals surface area contributed by atoms with Crippen LogP contribution in [0.5, 0.6) is 0 Å². The average Bonchev–Trinajstić information content (AvgIpc) is 2.86. The second kappa shape index (κ2) is 10.1. The summed E-state index contributed by atoms with van der Waals surface area (Å²) in [6, 6.07) is 19.7. The Morgan fingerprint density at radius 3 is 2.31 bits per heavy atom. The van der Waals surface area contributed by atoms with Crippen LogP contribution in [0.4, 0.5) is 14.9 Å². The molecule has 0 aliphatic carbocycles. The van der Waals surface area contributed by atoms with Crippen molar-refractivity contribution in [3.63, 3.8) is 0 Å². The number of hydrogen-bond donors (Lipinski definition) is 1. The molecule has 0 spiro atoms. The fourth-order valence-corrected chi connectivity index (χ4v) is 4.15. The van der Waals surface area contributed by atoms with E-state index in [2.05, 4.69) is 19.2 Å². The first kappa shape index (κ1) is 24.1. The van der Waals surface area contributed by atoms with Crippen LogP contribution >= 0.6 is 0 Å². The minimum absolute atomic E-state index is 0.270. The van der Waals surface area contributed by atoms with Gasteiger partial charge >= 0.3 is 6.03 Å². The molecular formula is C28H29FN4O2. The van der Waals surface area contributed by atoms with Crippen LogP contribution < -0.4 is 10.9 Å². The molecule has 0 bridgehead atoms. The smallest absolute Gasteiger partial charge is 0.317 e. The minimum Gasteiger partial charge on any atom is -0.317 e. The van der Waals surface area contributed by atoms with E-state index in [1.165, 1.54) is 22.3 Å². The lowest BCUT2D eigenvalue weighted by molar-refractivity contribution is 0.199. The topological polar surface area (TPSA) is 67.2 Å². The van der Waals surface area contributed by atoms with Crippen molar-refractivity contribution < 1.29 is 9.18 Å². The van der Waals surface area contributed by atoms with Crippen molar-refractivity contribution in [2.45, 2.75) is 39.2 Å². The zero-order chi connectivity index (χ0) is 25.1. The van der Waals surface area contributed by atoms with Crippen LogP contribution in [-0.2, 0) is 0 Å². The van der Waals surface area contributed by atoms with Crippen LogP contribution in [0.25, 0.3) is 16.6 Å². The zero-order valence-electron chi connectivity index (χ0n) is 20.3. The van der Waals surface area contributed by atoms with Gasteiger partial charge in [-0.3, -0.25) is 9.36 Å². The van der Waals surface area contributed by atoms with Crippen LogP contribution in [0.15, 0.2) is 77.6 Å². The molecule has 4 rings (SSSR count). The number of anilines is 1. The van der Waals surface area contributed by atoms with E-state index in [4.69, 9.17) is 4.98 Å². The Morgan fingerprint density at radius 1 is 1.03 bits per heavy atom. The third kappa shape index (κ3) is 4.94. The van der Waals surface area contributed by atoms with Gasteiger partial charge in [0.25, 0.3) is 5.56 Å². The Hall–Kier alpha value is -4.00. The first-order valence-corrected chi connectivity index (χ1v) is 11.7. The molecule has 0 radical (unpaired) electrons. The molecule has 0 saturated heterocycles. The van der Waals surface area contributed by atoms with Crippen LogP contribution in [0, 0.1) is 5.82 Å². The highest BCUT2D eigenvalue weighted by Gasteiger charge is 2.26. The summed E-state index contributed by atoms with van der Waals surface area (Å²) < 4.78 is 15.1. The van der Waals surface area contributed by atoms with Gasteiger partial charge in [0, 0.05) is 12.7 Å². The summed E-state index contributed by atoms with van der Waals surface area (Å²) in [5.41, 5.74) is 2.63. The fraction of sp³-hybridized carbons (Fsp3) is 0.250. The second-order valence-electron chi connectivity index (χ2n) is 8.85. The molecule has 0 aliphatic rings. The molecule has 6 nitrogen and oxygen atoms in total. The second-order valence-corrected chi connectivity index (χ2v) is 8.85. The Labute approximate surface area is 204 Å². The lowest BCUT2D eigenvalue weighted by Crippen LogP contribution is -2.38. The first-order chi connectivity index (χ1) is 16.8. The number of nitrogens with one attached hydrogen (secondary N) is 1. The number of benzene rings is 3. The third-order valence-corrected chi connectivity index (χ3v) is 6.19. The minimum atomic E-state index is -0.507. The van der Waals surface area contributed by atoms with Crippen LogP contribution in [0.2, 0.25) is 0 Å². The van der Waals surface area contributed by atoms with Crippen molar-refractivity contribution >= 4 is 22.6 Å². The van der Waals surface area contributed by atoms with Crippen molar-refractivity contribution in [3.05, 3.63) is 100 Å². The number of nitrogens with zero attached hydrogens (tertiary/aromatic N) is 3. The van der Waals surface area contributed by atoms with E-state index in [0.717, 1.165) is 0 Å². The van der Waals surface area contributed by atoms with Crippen LogP contribution in [-0.4, -0.2) is 27.5 Å². The van der Waals surface area contributed by atoms with Gasteiger partial charge in [0.05, 0.1) is 22.6 Å². The number of halogens is 1. The van der Waals surface area contributed by atoms with E-state index in [1.54, 1.807) is 42.3 Å². The normalized spacial score (nSPS) is 12.1. The molecule has 0 aliphatic heterocycles. The van der Waals surface area contributed by atoms with Crippen LogP contribution in [0.1, 0.15) is 50.5 Å². The Bertz CT molecular complexity index is 1400. The lowest BCUT2D eigenvalue weighted by atomic mass is 10.0. The number of carbonyl (C=O) groups is 1. The van der Waals surface area contributed by atoms with Gasteiger partial charge in [-0.05, 0) is 66.4 Å². The van der Waals surface area contributed by atoms with Crippen molar-refractivity contribution in [3.8, 4) is 5.69 Å². The highest BCUT2D eigenvalue weighted by molar-refractivity contribution is 5.89. The van der Waals surface area contributed by atoms with E-state index in [1.807, 2.05) is 37.3 Å². The van der Waals surface area contributed by atoms with Gasteiger partial charge in [-0.2, -0.15) is 0 Å². The van der Waals surface area contributed by atoms with Crippen LogP contribution in [0.3, 0.4) is 0 Å². The van der Waals surface area contributed by atoms with Gasteiger partial charge in [-0.15, -0.1) is 0 Å². The summed E-state index contributed by atoms with van der Waals surface area (Å²) in [6.45, 7) is 6.16. The summed E-state index contributed by atoms with van der Waals surface area (Å²) in [6.07, 6.45) is 0.516. The molecule has 1 heterocycles. The molecule has 4 aromatic rings. The molecule has 3 aromatic carbocycles. The van der Waals surface area contributed by atoms with Crippen molar-refractivity contribution in [1.29, 1.82) is 0 Å². The summed E-state index contributed by atoms with van der Waals surface area (Å²) in [7, 11) is 1.68. The predicted molar refractivity (Wildman–Crippen MR) is 138 cm³/mol. The summed E-state index contributed by atoms with van der Waals surface area (Å²) >= 11 is 0. The largest absolute Gasteiger partial charge is 0.322 e. The van der Waals surface area contributed by atoms with Gasteiger partial charge in [-0.1, -0.05) is 45.0 Å². The molecule has 1 unspecified atom stereocenters. The number of rotatable bonds is 6. The summed E-state index contributed by atoms with van der Waals surface area (Å²) in [5, 5.41) is 3.38. The fourth-order valence-electron chi connectivity index (χ4n) is 4.15. The maximum atomic E-state index is 13.6. The lowest BCUT2D eigenvalue weighted by Gasteiger charge is -2.29. The van der Waals surface area contributed by atoms with E-state index in [0.29, 0.717) is 40.4 Å². The molecular weight excluding hydrogens is 443 g/mol. The first-order valence-electron chi connectivity index (χ1n) is 11.7. The number of hydrogen-bond acceptors (Lipinski definition) is 3. The monoisotopic (exact) mass is 472 g/mol. The van der Waals surface area contributed by atoms with E-state index >= 15 is 0 Å². The number of para-hydroxylation sites is 1. The molecule has 0 fully saturated rings. The molecule has 0 saturated carbocycles. The maximum absolute atomic E-state index is 13.6.